The Balaban J connectivity index is 1.87. The molecule has 0 bridgehead atoms. The number of hydrogen-bond donors (Lipinski definition) is 1. The molecule has 0 amide bonds. The quantitative estimate of drug-likeness (QED) is 0.920. The first-order chi connectivity index (χ1) is 9.50. The Hall–Kier alpha value is -1.21. The molecule has 0 aliphatic carbocycles. The lowest BCUT2D eigenvalue weighted by molar-refractivity contribution is 0.340. The van der Waals surface area contributed by atoms with Crippen molar-refractivity contribution < 1.29 is 13.2 Å². The molecule has 2 heterocycles. The van der Waals surface area contributed by atoms with Gasteiger partial charge in [0, 0.05) is 10.9 Å². The summed E-state index contributed by atoms with van der Waals surface area (Å²) in [5.41, 5.74) is 0.857. The standard InChI is InChI=1S/C13H16N2O3S2/c1-2-18-10-5-3-9(4-6-10)15-11-7-20(16,17)8-12(11)19-13(15)14/h3-6,11-12,14H,2,7-8H2,1H3/t11-,12+/m1/s1. The van der Waals surface area contributed by atoms with Crippen LogP contribution < -0.4 is 9.64 Å². The normalized spacial score (nSPS) is 27.6. The fraction of sp³-hybridized carbons (Fsp3) is 0.462. The molecule has 0 aromatic heterocycles. The van der Waals surface area contributed by atoms with Crippen LogP contribution in [0.25, 0.3) is 0 Å². The number of ether oxygens (including phenoxy) is 1. The molecule has 108 valence electrons. The minimum absolute atomic E-state index is 0.0148. The maximum atomic E-state index is 11.7. The van der Waals surface area contributed by atoms with Crippen molar-refractivity contribution in [3.8, 4) is 5.75 Å². The average molecular weight is 312 g/mol. The topological polar surface area (TPSA) is 70.5 Å². The molecular formula is C13H16N2O3S2. The second-order valence-corrected chi connectivity index (χ2v) is 8.28. The molecule has 0 saturated carbocycles. The van der Waals surface area contributed by atoms with Crippen molar-refractivity contribution in [2.75, 3.05) is 23.0 Å². The Labute approximate surface area is 122 Å². The SMILES string of the molecule is CCOc1ccc(N2C(=N)S[C@H]3CS(=O)(=O)C[C@H]32)cc1. The molecule has 0 unspecified atom stereocenters. The predicted octanol–water partition coefficient (Wildman–Crippen LogP) is 1.74. The van der Waals surface area contributed by atoms with E-state index < -0.39 is 9.84 Å². The zero-order valence-corrected chi connectivity index (χ0v) is 12.7. The van der Waals surface area contributed by atoms with Crippen LogP contribution in [0.3, 0.4) is 0 Å². The first kappa shape index (κ1) is 13.8. The molecule has 1 aromatic rings. The molecule has 7 heteroatoms. The summed E-state index contributed by atoms with van der Waals surface area (Å²) >= 11 is 1.35. The molecule has 2 saturated heterocycles. The molecule has 5 nitrogen and oxygen atoms in total. The second kappa shape index (κ2) is 4.96. The van der Waals surface area contributed by atoms with Gasteiger partial charge in [-0.1, -0.05) is 11.8 Å². The van der Waals surface area contributed by atoms with E-state index in [4.69, 9.17) is 10.1 Å². The van der Waals surface area contributed by atoms with Gasteiger partial charge in [0.05, 0.1) is 24.2 Å². The van der Waals surface area contributed by atoms with Crippen molar-refractivity contribution in [2.45, 2.75) is 18.2 Å². The number of benzene rings is 1. The molecule has 0 spiro atoms. The van der Waals surface area contributed by atoms with Gasteiger partial charge in [-0.2, -0.15) is 0 Å². The highest BCUT2D eigenvalue weighted by Crippen LogP contribution is 2.40. The minimum atomic E-state index is -2.97. The number of thioether (sulfide) groups is 1. The van der Waals surface area contributed by atoms with E-state index in [1.54, 1.807) is 0 Å². The molecule has 3 rings (SSSR count). The van der Waals surface area contributed by atoms with Gasteiger partial charge in [-0.05, 0) is 31.2 Å². The largest absolute Gasteiger partial charge is 0.494 e. The Kier molecular flexibility index (Phi) is 3.41. The van der Waals surface area contributed by atoms with Crippen molar-refractivity contribution in [2.24, 2.45) is 0 Å². The van der Waals surface area contributed by atoms with E-state index in [9.17, 15) is 8.42 Å². The summed E-state index contributed by atoms with van der Waals surface area (Å²) in [5.74, 6) is 1.10. The predicted molar refractivity (Wildman–Crippen MR) is 81.6 cm³/mol. The highest BCUT2D eigenvalue weighted by molar-refractivity contribution is 8.15. The number of amidine groups is 1. The van der Waals surface area contributed by atoms with Crippen molar-refractivity contribution in [1.29, 1.82) is 5.41 Å². The third kappa shape index (κ3) is 2.40. The maximum absolute atomic E-state index is 11.7. The summed E-state index contributed by atoms with van der Waals surface area (Å²) in [6.07, 6.45) is 0. The van der Waals surface area contributed by atoms with Crippen LogP contribution in [0.1, 0.15) is 6.92 Å². The first-order valence-corrected chi connectivity index (χ1v) is 9.18. The number of hydrogen-bond acceptors (Lipinski definition) is 5. The molecule has 2 fully saturated rings. The van der Waals surface area contributed by atoms with Crippen molar-refractivity contribution in [3.05, 3.63) is 24.3 Å². The molecule has 1 aromatic carbocycles. The van der Waals surface area contributed by atoms with Gasteiger partial charge in [0.25, 0.3) is 0 Å². The van der Waals surface area contributed by atoms with Crippen LogP contribution in [-0.2, 0) is 9.84 Å². The maximum Gasteiger partial charge on any atom is 0.161 e. The van der Waals surface area contributed by atoms with Crippen LogP contribution in [0.15, 0.2) is 24.3 Å². The summed E-state index contributed by atoms with van der Waals surface area (Å²) in [5, 5.41) is 8.48. The third-order valence-corrected chi connectivity index (χ3v) is 6.64. The van der Waals surface area contributed by atoms with Gasteiger partial charge in [-0.25, -0.2) is 8.42 Å². The molecule has 0 radical (unpaired) electrons. The van der Waals surface area contributed by atoms with E-state index in [1.807, 2.05) is 36.1 Å². The van der Waals surface area contributed by atoms with Crippen LogP contribution in [0.2, 0.25) is 0 Å². The first-order valence-electron chi connectivity index (χ1n) is 6.48. The Morgan fingerprint density at radius 1 is 1.35 bits per heavy atom. The Bertz CT molecular complexity index is 628. The van der Waals surface area contributed by atoms with Crippen molar-refractivity contribution >= 4 is 32.5 Å². The zero-order valence-electron chi connectivity index (χ0n) is 11.1. The molecular weight excluding hydrogens is 296 g/mol. The number of nitrogens with zero attached hydrogens (tertiary/aromatic N) is 1. The van der Waals surface area contributed by atoms with E-state index >= 15 is 0 Å². The van der Waals surface area contributed by atoms with E-state index in [1.165, 1.54) is 11.8 Å². The lowest BCUT2D eigenvalue weighted by Gasteiger charge is -2.24. The van der Waals surface area contributed by atoms with Gasteiger partial charge in [-0.15, -0.1) is 0 Å². The monoisotopic (exact) mass is 312 g/mol. The highest BCUT2D eigenvalue weighted by Gasteiger charge is 2.48. The fourth-order valence-electron chi connectivity index (χ4n) is 2.68. The Morgan fingerprint density at radius 2 is 2.05 bits per heavy atom. The average Bonchev–Trinajstić information content (AvgIpc) is 2.81. The van der Waals surface area contributed by atoms with Crippen LogP contribution in [0.5, 0.6) is 5.75 Å². The van der Waals surface area contributed by atoms with E-state index in [-0.39, 0.29) is 22.8 Å². The van der Waals surface area contributed by atoms with Crippen LogP contribution in [0, 0.1) is 5.41 Å². The summed E-state index contributed by atoms with van der Waals surface area (Å²) in [4.78, 5) is 1.83. The second-order valence-electron chi connectivity index (χ2n) is 4.90. The van der Waals surface area contributed by atoms with Gasteiger partial charge < -0.3 is 9.64 Å². The van der Waals surface area contributed by atoms with E-state index in [0.717, 1.165) is 11.4 Å². The van der Waals surface area contributed by atoms with Gasteiger partial charge in [0.15, 0.2) is 15.0 Å². The van der Waals surface area contributed by atoms with Gasteiger partial charge in [0.2, 0.25) is 0 Å². The van der Waals surface area contributed by atoms with Crippen molar-refractivity contribution in [1.82, 2.24) is 0 Å². The van der Waals surface area contributed by atoms with Crippen molar-refractivity contribution in [3.63, 3.8) is 0 Å². The zero-order chi connectivity index (χ0) is 14.3. The molecule has 20 heavy (non-hydrogen) atoms. The molecule has 1 N–H and O–H groups in total. The summed E-state index contributed by atoms with van der Waals surface area (Å²) in [6, 6.07) is 7.36. The van der Waals surface area contributed by atoms with Crippen LogP contribution in [-0.4, -0.2) is 43.0 Å². The van der Waals surface area contributed by atoms with Gasteiger partial charge in [-0.3, -0.25) is 5.41 Å². The lowest BCUT2D eigenvalue weighted by atomic mass is 10.2. The number of anilines is 1. The van der Waals surface area contributed by atoms with Gasteiger partial charge >= 0.3 is 0 Å². The number of fused-ring (bicyclic) bond motifs is 1. The number of sulfone groups is 1. The molecule has 2 aliphatic heterocycles. The number of rotatable bonds is 3. The van der Waals surface area contributed by atoms with E-state index in [0.29, 0.717) is 11.8 Å². The minimum Gasteiger partial charge on any atom is -0.494 e. The smallest absolute Gasteiger partial charge is 0.161 e. The highest BCUT2D eigenvalue weighted by atomic mass is 32.2. The number of nitrogens with one attached hydrogen (secondary N) is 1. The van der Waals surface area contributed by atoms with E-state index in [2.05, 4.69) is 0 Å². The molecule has 2 aliphatic rings. The third-order valence-electron chi connectivity index (χ3n) is 3.51. The molecule has 2 atom stereocenters. The Morgan fingerprint density at radius 3 is 2.70 bits per heavy atom. The van der Waals surface area contributed by atoms with Crippen LogP contribution >= 0.6 is 11.8 Å². The summed E-state index contributed by atoms with van der Waals surface area (Å²) in [7, 11) is -2.97. The van der Waals surface area contributed by atoms with Crippen LogP contribution in [0.4, 0.5) is 5.69 Å². The fourth-order valence-corrected chi connectivity index (χ4v) is 6.47. The van der Waals surface area contributed by atoms with Gasteiger partial charge in [0.1, 0.15) is 5.75 Å². The lowest BCUT2D eigenvalue weighted by Crippen LogP contribution is -2.37. The summed E-state index contributed by atoms with van der Waals surface area (Å²) < 4.78 is 28.9. The summed E-state index contributed by atoms with van der Waals surface area (Å²) in [6.45, 7) is 2.53.